The Hall–Kier alpha value is -1.62. The molecule has 2 N–H and O–H groups in total. The second-order valence-electron chi connectivity index (χ2n) is 4.55. The molecule has 2 aromatic rings. The number of nitrogens with two attached hydrogens (primary N) is 1. The van der Waals surface area contributed by atoms with Gasteiger partial charge in [0, 0.05) is 4.47 Å². The Labute approximate surface area is 121 Å². The molecular weight excluding hydrogens is 306 g/mol. The lowest BCUT2D eigenvalue weighted by atomic mass is 10.1. The average Bonchev–Trinajstić information content (AvgIpc) is 2.36. The number of anilines is 1. The van der Waals surface area contributed by atoms with Gasteiger partial charge in [0.05, 0.1) is 5.56 Å². The Morgan fingerprint density at radius 1 is 1.32 bits per heavy atom. The first kappa shape index (κ1) is 13.8. The van der Waals surface area contributed by atoms with E-state index in [-0.39, 0.29) is 5.92 Å². The third-order valence-corrected chi connectivity index (χ3v) is 3.21. The molecule has 4 nitrogen and oxygen atoms in total. The van der Waals surface area contributed by atoms with Crippen LogP contribution >= 0.6 is 15.9 Å². The molecule has 0 bridgehead atoms. The van der Waals surface area contributed by atoms with Gasteiger partial charge < -0.3 is 10.5 Å². The summed E-state index contributed by atoms with van der Waals surface area (Å²) in [5.41, 5.74) is 7.81. The lowest BCUT2D eigenvalue weighted by Crippen LogP contribution is -2.06. The molecule has 19 heavy (non-hydrogen) atoms. The van der Waals surface area contributed by atoms with E-state index in [9.17, 15) is 0 Å². The fraction of sp³-hybridized carbons (Fsp3) is 0.286. The number of aromatic nitrogens is 2. The van der Waals surface area contributed by atoms with E-state index in [1.807, 2.05) is 38.1 Å². The summed E-state index contributed by atoms with van der Waals surface area (Å²) >= 11 is 3.44. The van der Waals surface area contributed by atoms with Gasteiger partial charge in [0.15, 0.2) is 0 Å². The molecule has 2 rings (SSSR count). The molecule has 0 radical (unpaired) electrons. The van der Waals surface area contributed by atoms with E-state index in [1.165, 1.54) is 6.33 Å². The smallest absolute Gasteiger partial charge is 0.222 e. The third-order valence-electron chi connectivity index (χ3n) is 2.72. The fourth-order valence-corrected chi connectivity index (χ4v) is 2.27. The number of halogens is 1. The van der Waals surface area contributed by atoms with Crippen LogP contribution in [0.15, 0.2) is 35.1 Å². The van der Waals surface area contributed by atoms with Gasteiger partial charge in [-0.05, 0) is 23.6 Å². The normalized spacial score (nSPS) is 10.7. The summed E-state index contributed by atoms with van der Waals surface area (Å²) in [4.78, 5) is 8.18. The summed E-state index contributed by atoms with van der Waals surface area (Å²) in [7, 11) is 0. The molecule has 0 amide bonds. The average molecular weight is 322 g/mol. The number of ether oxygens (including phenoxy) is 1. The Morgan fingerprint density at radius 2 is 2.11 bits per heavy atom. The summed E-state index contributed by atoms with van der Waals surface area (Å²) in [5.74, 6) is 1.26. The van der Waals surface area contributed by atoms with Crippen LogP contribution in [0.4, 0.5) is 5.82 Å². The van der Waals surface area contributed by atoms with E-state index < -0.39 is 0 Å². The summed E-state index contributed by atoms with van der Waals surface area (Å²) < 4.78 is 6.80. The molecule has 0 saturated carbocycles. The molecule has 0 unspecified atom stereocenters. The topological polar surface area (TPSA) is 61.0 Å². The van der Waals surface area contributed by atoms with E-state index >= 15 is 0 Å². The number of rotatable bonds is 4. The van der Waals surface area contributed by atoms with Crippen LogP contribution in [0.2, 0.25) is 0 Å². The summed E-state index contributed by atoms with van der Waals surface area (Å²) in [5, 5.41) is 0. The van der Waals surface area contributed by atoms with Crippen LogP contribution in [-0.4, -0.2) is 9.97 Å². The Balaban J connectivity index is 2.18. The molecule has 0 saturated heterocycles. The van der Waals surface area contributed by atoms with Crippen molar-refractivity contribution in [2.45, 2.75) is 26.4 Å². The van der Waals surface area contributed by atoms with E-state index in [0.29, 0.717) is 18.3 Å². The molecule has 0 spiro atoms. The minimum Gasteiger partial charge on any atom is -0.472 e. The maximum absolute atomic E-state index is 5.88. The molecule has 5 heteroatoms. The summed E-state index contributed by atoms with van der Waals surface area (Å²) in [6.45, 7) is 4.54. The van der Waals surface area contributed by atoms with Gasteiger partial charge in [-0.3, -0.25) is 0 Å². The number of hydrogen-bond acceptors (Lipinski definition) is 4. The van der Waals surface area contributed by atoms with Crippen molar-refractivity contribution in [2.75, 3.05) is 5.73 Å². The second-order valence-corrected chi connectivity index (χ2v) is 5.47. The lowest BCUT2D eigenvalue weighted by Gasteiger charge is -2.14. The van der Waals surface area contributed by atoms with Crippen molar-refractivity contribution in [3.05, 3.63) is 46.2 Å². The third kappa shape index (κ3) is 3.44. The van der Waals surface area contributed by atoms with Gasteiger partial charge in [-0.15, -0.1) is 0 Å². The molecule has 0 aliphatic rings. The first-order chi connectivity index (χ1) is 9.08. The van der Waals surface area contributed by atoms with Crippen molar-refractivity contribution in [3.8, 4) is 5.88 Å². The molecule has 100 valence electrons. The van der Waals surface area contributed by atoms with Crippen molar-refractivity contribution < 1.29 is 4.74 Å². The molecule has 1 aromatic carbocycles. The molecule has 0 atom stereocenters. The van der Waals surface area contributed by atoms with Crippen molar-refractivity contribution in [1.82, 2.24) is 9.97 Å². The minimum atomic E-state index is 0.221. The van der Waals surface area contributed by atoms with Gasteiger partial charge in [0.2, 0.25) is 5.88 Å². The molecular formula is C14H16BrN3O. The van der Waals surface area contributed by atoms with E-state index in [1.54, 1.807) is 0 Å². The highest BCUT2D eigenvalue weighted by Crippen LogP contribution is 2.28. The van der Waals surface area contributed by atoms with E-state index in [2.05, 4.69) is 25.9 Å². The first-order valence-electron chi connectivity index (χ1n) is 6.05. The molecule has 0 aliphatic heterocycles. The number of nitrogen functional groups attached to an aromatic ring is 1. The zero-order chi connectivity index (χ0) is 13.8. The number of hydrogen-bond donors (Lipinski definition) is 1. The zero-order valence-corrected chi connectivity index (χ0v) is 12.5. The van der Waals surface area contributed by atoms with Crippen molar-refractivity contribution in [2.24, 2.45) is 0 Å². The van der Waals surface area contributed by atoms with Crippen LogP contribution < -0.4 is 10.5 Å². The highest BCUT2D eigenvalue weighted by atomic mass is 79.9. The van der Waals surface area contributed by atoms with Crippen molar-refractivity contribution in [1.29, 1.82) is 0 Å². The van der Waals surface area contributed by atoms with Gasteiger partial charge in [-0.2, -0.15) is 0 Å². The summed E-state index contributed by atoms with van der Waals surface area (Å²) in [6.07, 6.45) is 1.43. The maximum Gasteiger partial charge on any atom is 0.222 e. The Bertz CT molecular complexity index is 572. The van der Waals surface area contributed by atoms with Crippen LogP contribution in [0.25, 0.3) is 0 Å². The fourth-order valence-electron chi connectivity index (χ4n) is 1.83. The van der Waals surface area contributed by atoms with Gasteiger partial charge in [-0.25, -0.2) is 9.97 Å². The summed E-state index contributed by atoms with van der Waals surface area (Å²) in [6, 6.07) is 7.97. The molecule has 1 heterocycles. The van der Waals surface area contributed by atoms with E-state index in [0.717, 1.165) is 15.6 Å². The van der Waals surface area contributed by atoms with Gasteiger partial charge in [0.1, 0.15) is 18.8 Å². The van der Waals surface area contributed by atoms with E-state index in [4.69, 9.17) is 10.5 Å². The second kappa shape index (κ2) is 6.02. The van der Waals surface area contributed by atoms with Crippen molar-refractivity contribution >= 4 is 21.7 Å². The lowest BCUT2D eigenvalue weighted by molar-refractivity contribution is 0.289. The van der Waals surface area contributed by atoms with Crippen LogP contribution in [-0.2, 0) is 6.61 Å². The highest BCUT2D eigenvalue weighted by molar-refractivity contribution is 9.10. The maximum atomic E-state index is 5.88. The Morgan fingerprint density at radius 3 is 2.79 bits per heavy atom. The van der Waals surface area contributed by atoms with Gasteiger partial charge in [-0.1, -0.05) is 41.9 Å². The monoisotopic (exact) mass is 321 g/mol. The standard InChI is InChI=1S/C14H16BrN3O/c1-9(2)12-13(16)17-8-18-14(12)19-7-10-4-3-5-11(15)6-10/h3-6,8-9H,7H2,1-2H3,(H2,16,17,18). The largest absolute Gasteiger partial charge is 0.472 e. The predicted octanol–water partition coefficient (Wildman–Crippen LogP) is 3.52. The first-order valence-corrected chi connectivity index (χ1v) is 6.85. The molecule has 0 aliphatic carbocycles. The van der Waals surface area contributed by atoms with Gasteiger partial charge in [0.25, 0.3) is 0 Å². The van der Waals surface area contributed by atoms with Crippen LogP contribution in [0.3, 0.4) is 0 Å². The van der Waals surface area contributed by atoms with Crippen molar-refractivity contribution in [3.63, 3.8) is 0 Å². The van der Waals surface area contributed by atoms with Crippen LogP contribution in [0.1, 0.15) is 30.9 Å². The van der Waals surface area contributed by atoms with Crippen LogP contribution in [0.5, 0.6) is 5.88 Å². The zero-order valence-electron chi connectivity index (χ0n) is 10.9. The van der Waals surface area contributed by atoms with Gasteiger partial charge >= 0.3 is 0 Å². The molecule has 1 aromatic heterocycles. The Kier molecular flexibility index (Phi) is 4.37. The van der Waals surface area contributed by atoms with Crippen LogP contribution in [0, 0.1) is 0 Å². The molecule has 0 fully saturated rings. The minimum absolute atomic E-state index is 0.221. The predicted molar refractivity (Wildman–Crippen MR) is 79.0 cm³/mol. The number of benzene rings is 1. The number of nitrogens with zero attached hydrogens (tertiary/aromatic N) is 2. The highest BCUT2D eigenvalue weighted by Gasteiger charge is 2.14. The SMILES string of the molecule is CC(C)c1c(N)ncnc1OCc1cccc(Br)c1. The quantitative estimate of drug-likeness (QED) is 0.935.